The van der Waals surface area contributed by atoms with Crippen LogP contribution in [0.25, 0.3) is 0 Å². The van der Waals surface area contributed by atoms with E-state index in [0.717, 1.165) is 30.8 Å². The zero-order valence-corrected chi connectivity index (χ0v) is 13.1. The van der Waals surface area contributed by atoms with E-state index < -0.39 is 0 Å². The number of rotatable bonds is 5. The minimum Gasteiger partial charge on any atom is -0.493 e. The molecular weight excluding hydrogens is 264 g/mol. The number of hydrogen-bond donors (Lipinski definition) is 0. The van der Waals surface area contributed by atoms with Gasteiger partial charge in [-0.15, -0.1) is 0 Å². The highest BCUT2D eigenvalue weighted by molar-refractivity contribution is 5.44. The lowest BCUT2D eigenvalue weighted by Gasteiger charge is -2.34. The van der Waals surface area contributed by atoms with Gasteiger partial charge >= 0.3 is 0 Å². The van der Waals surface area contributed by atoms with E-state index in [1.807, 2.05) is 25.1 Å². The molecule has 0 aromatic heterocycles. The Balaban J connectivity index is 2.24. The maximum absolute atomic E-state index is 9.59. The molecule has 0 amide bonds. The third-order valence-electron chi connectivity index (χ3n) is 3.98. The molecule has 1 heterocycles. The number of likely N-dealkylation sites (tertiary alicyclic amines) is 1. The molecule has 114 valence electrons. The highest BCUT2D eigenvalue weighted by atomic mass is 16.5. The van der Waals surface area contributed by atoms with Crippen molar-refractivity contribution in [3.05, 3.63) is 23.8 Å². The average molecular weight is 288 g/mol. The summed E-state index contributed by atoms with van der Waals surface area (Å²) in [4.78, 5) is 2.27. The van der Waals surface area contributed by atoms with Gasteiger partial charge in [0.2, 0.25) is 0 Å². The van der Waals surface area contributed by atoms with Crippen LogP contribution in [-0.4, -0.2) is 31.7 Å². The van der Waals surface area contributed by atoms with Crippen molar-refractivity contribution in [2.45, 2.75) is 32.7 Å². The highest BCUT2D eigenvalue weighted by Crippen LogP contribution is 2.33. The highest BCUT2D eigenvalue weighted by Gasteiger charge is 2.25. The Morgan fingerprint density at radius 1 is 1.43 bits per heavy atom. The second kappa shape index (κ2) is 7.33. The molecule has 0 bridgehead atoms. The Hall–Kier alpha value is -1.73. The van der Waals surface area contributed by atoms with Crippen molar-refractivity contribution >= 4 is 0 Å². The second-order valence-corrected chi connectivity index (χ2v) is 5.62. The summed E-state index contributed by atoms with van der Waals surface area (Å²) in [5.74, 6) is 2.08. The molecule has 1 aromatic rings. The number of ether oxygens (including phenoxy) is 2. The molecule has 4 heteroatoms. The number of nitriles is 1. The molecular formula is C17H24N2O2. The SMILES string of the molecule is CCOc1ccc(C(C#N)N2CCCC(C)C2)cc1OC. The number of benzene rings is 1. The maximum Gasteiger partial charge on any atom is 0.161 e. The topological polar surface area (TPSA) is 45.5 Å². The van der Waals surface area contributed by atoms with Crippen molar-refractivity contribution < 1.29 is 9.47 Å². The predicted octanol–water partition coefficient (Wildman–Crippen LogP) is 3.39. The largest absolute Gasteiger partial charge is 0.493 e. The molecule has 1 fully saturated rings. The summed E-state index contributed by atoms with van der Waals surface area (Å²) in [6.45, 7) is 6.76. The summed E-state index contributed by atoms with van der Waals surface area (Å²) >= 11 is 0. The molecule has 1 aliphatic heterocycles. The summed E-state index contributed by atoms with van der Waals surface area (Å²) in [5, 5.41) is 9.59. The molecule has 0 radical (unpaired) electrons. The smallest absolute Gasteiger partial charge is 0.161 e. The fourth-order valence-electron chi connectivity index (χ4n) is 2.96. The predicted molar refractivity (Wildman–Crippen MR) is 82.5 cm³/mol. The van der Waals surface area contributed by atoms with Gasteiger partial charge in [-0.25, -0.2) is 0 Å². The molecule has 0 N–H and O–H groups in total. The zero-order valence-electron chi connectivity index (χ0n) is 13.1. The van der Waals surface area contributed by atoms with E-state index in [1.54, 1.807) is 7.11 Å². The monoisotopic (exact) mass is 288 g/mol. The van der Waals surface area contributed by atoms with Gasteiger partial charge in [0.1, 0.15) is 6.04 Å². The lowest BCUT2D eigenvalue weighted by atomic mass is 9.96. The summed E-state index contributed by atoms with van der Waals surface area (Å²) in [7, 11) is 1.63. The van der Waals surface area contributed by atoms with Gasteiger partial charge in [0.05, 0.1) is 19.8 Å². The fraction of sp³-hybridized carbons (Fsp3) is 0.588. The summed E-state index contributed by atoms with van der Waals surface area (Å²) in [6.07, 6.45) is 2.41. The first-order valence-corrected chi connectivity index (χ1v) is 7.64. The third-order valence-corrected chi connectivity index (χ3v) is 3.98. The molecule has 0 aliphatic carbocycles. The first-order valence-electron chi connectivity index (χ1n) is 7.64. The van der Waals surface area contributed by atoms with E-state index in [-0.39, 0.29) is 6.04 Å². The van der Waals surface area contributed by atoms with Gasteiger partial charge in [0, 0.05) is 6.54 Å². The Labute approximate surface area is 127 Å². The zero-order chi connectivity index (χ0) is 15.2. The van der Waals surface area contributed by atoms with Crippen molar-refractivity contribution in [1.82, 2.24) is 4.90 Å². The van der Waals surface area contributed by atoms with Crippen LogP contribution in [0.15, 0.2) is 18.2 Å². The van der Waals surface area contributed by atoms with Crippen molar-refractivity contribution in [3.8, 4) is 17.6 Å². The molecule has 0 saturated carbocycles. The molecule has 0 spiro atoms. The van der Waals surface area contributed by atoms with Crippen molar-refractivity contribution in [2.24, 2.45) is 5.92 Å². The van der Waals surface area contributed by atoms with Gasteiger partial charge in [-0.2, -0.15) is 5.26 Å². The van der Waals surface area contributed by atoms with Crippen LogP contribution in [-0.2, 0) is 0 Å². The van der Waals surface area contributed by atoms with Crippen molar-refractivity contribution in [3.63, 3.8) is 0 Å². The minimum atomic E-state index is -0.211. The molecule has 21 heavy (non-hydrogen) atoms. The van der Waals surface area contributed by atoms with Crippen LogP contribution < -0.4 is 9.47 Å². The molecule has 1 aliphatic rings. The molecule has 1 aromatic carbocycles. The number of piperidine rings is 1. The average Bonchev–Trinajstić information content (AvgIpc) is 2.49. The molecule has 1 saturated heterocycles. The number of hydrogen-bond acceptors (Lipinski definition) is 4. The third kappa shape index (κ3) is 3.68. The molecule has 2 rings (SSSR count). The Kier molecular flexibility index (Phi) is 5.46. The van der Waals surface area contributed by atoms with E-state index >= 15 is 0 Å². The Bertz CT molecular complexity index is 510. The van der Waals surface area contributed by atoms with Crippen LogP contribution in [0.3, 0.4) is 0 Å². The van der Waals surface area contributed by atoms with Crippen LogP contribution in [0.1, 0.15) is 38.3 Å². The molecule has 4 nitrogen and oxygen atoms in total. The summed E-state index contributed by atoms with van der Waals surface area (Å²) in [6, 6.07) is 8.03. The van der Waals surface area contributed by atoms with Gasteiger partial charge in [0.25, 0.3) is 0 Å². The van der Waals surface area contributed by atoms with Crippen LogP contribution in [0.5, 0.6) is 11.5 Å². The van der Waals surface area contributed by atoms with Crippen LogP contribution in [0.2, 0.25) is 0 Å². The van der Waals surface area contributed by atoms with E-state index in [1.165, 1.54) is 6.42 Å². The van der Waals surface area contributed by atoms with Gasteiger partial charge < -0.3 is 9.47 Å². The second-order valence-electron chi connectivity index (χ2n) is 5.62. The minimum absolute atomic E-state index is 0.211. The number of methoxy groups -OCH3 is 1. The standard InChI is InChI=1S/C17H24N2O2/c1-4-21-16-8-7-14(10-17(16)20-3)15(11-18)19-9-5-6-13(2)12-19/h7-8,10,13,15H,4-6,9,12H2,1-3H3. The van der Waals surface area contributed by atoms with Crippen molar-refractivity contribution in [2.75, 3.05) is 26.8 Å². The van der Waals surface area contributed by atoms with Gasteiger partial charge in [0.15, 0.2) is 11.5 Å². The van der Waals surface area contributed by atoms with Crippen LogP contribution >= 0.6 is 0 Å². The Morgan fingerprint density at radius 2 is 2.24 bits per heavy atom. The quantitative estimate of drug-likeness (QED) is 0.833. The van der Waals surface area contributed by atoms with Gasteiger partial charge in [-0.1, -0.05) is 13.0 Å². The first-order chi connectivity index (χ1) is 10.2. The van der Waals surface area contributed by atoms with Gasteiger partial charge in [-0.3, -0.25) is 4.90 Å². The van der Waals surface area contributed by atoms with Gasteiger partial charge in [-0.05, 0) is 49.9 Å². The number of nitrogens with zero attached hydrogens (tertiary/aromatic N) is 2. The van der Waals surface area contributed by atoms with Crippen LogP contribution in [0, 0.1) is 17.2 Å². The summed E-state index contributed by atoms with van der Waals surface area (Å²) < 4.78 is 10.9. The van der Waals surface area contributed by atoms with E-state index in [9.17, 15) is 5.26 Å². The van der Waals surface area contributed by atoms with E-state index in [4.69, 9.17) is 9.47 Å². The fourth-order valence-corrected chi connectivity index (χ4v) is 2.96. The first kappa shape index (κ1) is 15.7. The van der Waals surface area contributed by atoms with E-state index in [0.29, 0.717) is 18.3 Å². The lowest BCUT2D eigenvalue weighted by molar-refractivity contribution is 0.156. The van der Waals surface area contributed by atoms with Crippen molar-refractivity contribution in [1.29, 1.82) is 5.26 Å². The van der Waals surface area contributed by atoms with Crippen LogP contribution in [0.4, 0.5) is 0 Å². The molecule has 2 unspecified atom stereocenters. The molecule has 2 atom stereocenters. The summed E-state index contributed by atoms with van der Waals surface area (Å²) in [5.41, 5.74) is 0.979. The lowest BCUT2D eigenvalue weighted by Crippen LogP contribution is -2.36. The maximum atomic E-state index is 9.59. The van der Waals surface area contributed by atoms with E-state index in [2.05, 4.69) is 17.9 Å². The Morgan fingerprint density at radius 3 is 2.86 bits per heavy atom. The normalized spacial score (nSPS) is 20.6.